The Bertz CT molecular complexity index is 920. The van der Waals surface area contributed by atoms with Crippen LogP contribution in [0.3, 0.4) is 0 Å². The Morgan fingerprint density at radius 1 is 1.04 bits per heavy atom. The molecular formula is C22H19FN2O. The number of nitrogens with zero attached hydrogens (tertiary/aromatic N) is 1. The van der Waals surface area contributed by atoms with Gasteiger partial charge in [-0.05, 0) is 66.8 Å². The molecule has 26 heavy (non-hydrogen) atoms. The molecule has 4 rings (SSSR count). The standard InChI is InChI=1S/C22H19FN2O/c23-18-11-8-16(9-12-18)20-13-10-17(14-24-20)22(26)25-21-7-3-5-15-4-1-2-6-19(15)21/h1-2,4,6,8-14,21H,3,5,7H2,(H,25,26)/t21-/m0/s1. The van der Waals surface area contributed by atoms with Crippen molar-refractivity contribution in [3.63, 3.8) is 0 Å². The van der Waals surface area contributed by atoms with Gasteiger partial charge in [-0.25, -0.2) is 4.39 Å². The minimum atomic E-state index is -0.280. The van der Waals surface area contributed by atoms with Crippen molar-refractivity contribution in [2.75, 3.05) is 0 Å². The molecule has 130 valence electrons. The zero-order valence-corrected chi connectivity index (χ0v) is 14.3. The van der Waals surface area contributed by atoms with E-state index in [-0.39, 0.29) is 17.8 Å². The van der Waals surface area contributed by atoms with Crippen molar-refractivity contribution < 1.29 is 9.18 Å². The molecule has 1 amide bonds. The van der Waals surface area contributed by atoms with Crippen molar-refractivity contribution in [1.29, 1.82) is 0 Å². The number of pyridine rings is 1. The number of halogens is 1. The third-order valence-electron chi connectivity index (χ3n) is 4.84. The third-order valence-corrected chi connectivity index (χ3v) is 4.84. The van der Waals surface area contributed by atoms with Gasteiger partial charge in [0.2, 0.25) is 0 Å². The lowest BCUT2D eigenvalue weighted by atomic mass is 9.87. The summed E-state index contributed by atoms with van der Waals surface area (Å²) in [5.74, 6) is -0.401. The van der Waals surface area contributed by atoms with Gasteiger partial charge in [0.25, 0.3) is 5.91 Å². The maximum atomic E-state index is 13.0. The average Bonchev–Trinajstić information content (AvgIpc) is 2.69. The Hall–Kier alpha value is -3.01. The van der Waals surface area contributed by atoms with E-state index in [0.717, 1.165) is 24.8 Å². The normalized spacial score (nSPS) is 16.0. The van der Waals surface area contributed by atoms with Crippen LogP contribution in [0.1, 0.15) is 40.4 Å². The summed E-state index contributed by atoms with van der Waals surface area (Å²) in [5, 5.41) is 3.13. The van der Waals surface area contributed by atoms with E-state index < -0.39 is 0 Å². The molecule has 0 saturated heterocycles. The largest absolute Gasteiger partial charge is 0.345 e. The van der Waals surface area contributed by atoms with Crippen LogP contribution in [0.2, 0.25) is 0 Å². The van der Waals surface area contributed by atoms with E-state index in [1.807, 2.05) is 12.1 Å². The van der Waals surface area contributed by atoms with Crippen LogP contribution in [0.4, 0.5) is 4.39 Å². The van der Waals surface area contributed by atoms with Gasteiger partial charge in [-0.2, -0.15) is 0 Å². The Morgan fingerprint density at radius 3 is 2.62 bits per heavy atom. The van der Waals surface area contributed by atoms with Crippen molar-refractivity contribution in [3.05, 3.63) is 89.4 Å². The molecule has 1 N–H and O–H groups in total. The maximum Gasteiger partial charge on any atom is 0.253 e. The Balaban J connectivity index is 1.50. The van der Waals surface area contributed by atoms with E-state index in [1.165, 1.54) is 23.3 Å². The van der Waals surface area contributed by atoms with E-state index in [9.17, 15) is 9.18 Å². The quantitative estimate of drug-likeness (QED) is 0.747. The number of carbonyl (C=O) groups excluding carboxylic acids is 1. The molecule has 3 nitrogen and oxygen atoms in total. The number of aromatic nitrogens is 1. The molecule has 4 heteroatoms. The summed E-state index contributed by atoms with van der Waals surface area (Å²) < 4.78 is 13.0. The fourth-order valence-corrected chi connectivity index (χ4v) is 3.47. The minimum Gasteiger partial charge on any atom is -0.345 e. The SMILES string of the molecule is O=C(N[C@H]1CCCc2ccccc21)c1ccc(-c2ccc(F)cc2)nc1. The third kappa shape index (κ3) is 3.36. The highest BCUT2D eigenvalue weighted by atomic mass is 19.1. The van der Waals surface area contributed by atoms with Gasteiger partial charge in [-0.1, -0.05) is 24.3 Å². The monoisotopic (exact) mass is 346 g/mol. The zero-order valence-electron chi connectivity index (χ0n) is 14.3. The van der Waals surface area contributed by atoms with Crippen molar-refractivity contribution in [2.45, 2.75) is 25.3 Å². The summed E-state index contributed by atoms with van der Waals surface area (Å²) in [7, 11) is 0. The van der Waals surface area contributed by atoms with Crippen LogP contribution >= 0.6 is 0 Å². The molecule has 1 aliphatic rings. The molecule has 3 aromatic rings. The minimum absolute atomic E-state index is 0.0456. The van der Waals surface area contributed by atoms with Crippen LogP contribution < -0.4 is 5.32 Å². The van der Waals surface area contributed by atoms with Gasteiger partial charge >= 0.3 is 0 Å². The number of amides is 1. The van der Waals surface area contributed by atoms with E-state index in [4.69, 9.17) is 0 Å². The molecule has 2 aromatic carbocycles. The molecular weight excluding hydrogens is 327 g/mol. The second-order valence-corrected chi connectivity index (χ2v) is 6.56. The summed E-state index contributed by atoms with van der Waals surface area (Å²) in [6.07, 6.45) is 4.66. The number of hydrogen-bond donors (Lipinski definition) is 1. The molecule has 1 atom stereocenters. The Kier molecular flexibility index (Phi) is 4.48. The van der Waals surface area contributed by atoms with Gasteiger partial charge in [0.15, 0.2) is 0 Å². The first-order valence-corrected chi connectivity index (χ1v) is 8.81. The molecule has 1 aliphatic carbocycles. The smallest absolute Gasteiger partial charge is 0.253 e. The Labute approximate surface area is 151 Å². The van der Waals surface area contributed by atoms with Gasteiger partial charge in [0.05, 0.1) is 17.3 Å². The lowest BCUT2D eigenvalue weighted by molar-refractivity contribution is 0.0932. The van der Waals surface area contributed by atoms with Crippen LogP contribution in [0.15, 0.2) is 66.9 Å². The van der Waals surface area contributed by atoms with E-state index in [0.29, 0.717) is 11.3 Å². The zero-order chi connectivity index (χ0) is 17.9. The average molecular weight is 346 g/mol. The Morgan fingerprint density at radius 2 is 1.85 bits per heavy atom. The lowest BCUT2D eigenvalue weighted by Crippen LogP contribution is -2.31. The maximum absolute atomic E-state index is 13.0. The highest BCUT2D eigenvalue weighted by Crippen LogP contribution is 2.29. The lowest BCUT2D eigenvalue weighted by Gasteiger charge is -2.26. The van der Waals surface area contributed by atoms with Gasteiger partial charge in [-0.3, -0.25) is 9.78 Å². The summed E-state index contributed by atoms with van der Waals surface area (Å²) in [6.45, 7) is 0. The first-order valence-electron chi connectivity index (χ1n) is 8.81. The topological polar surface area (TPSA) is 42.0 Å². The van der Waals surface area contributed by atoms with Crippen LogP contribution in [0.5, 0.6) is 0 Å². The molecule has 0 bridgehead atoms. The summed E-state index contributed by atoms with van der Waals surface area (Å²) >= 11 is 0. The molecule has 0 spiro atoms. The van der Waals surface area contributed by atoms with Crippen LogP contribution in [-0.4, -0.2) is 10.9 Å². The highest BCUT2D eigenvalue weighted by molar-refractivity contribution is 5.94. The first-order chi connectivity index (χ1) is 12.7. The molecule has 0 radical (unpaired) electrons. The highest BCUT2D eigenvalue weighted by Gasteiger charge is 2.21. The second kappa shape index (κ2) is 7.08. The van der Waals surface area contributed by atoms with Crippen molar-refractivity contribution in [2.24, 2.45) is 0 Å². The molecule has 0 unspecified atom stereocenters. The van der Waals surface area contributed by atoms with Crippen molar-refractivity contribution in [1.82, 2.24) is 10.3 Å². The van der Waals surface area contributed by atoms with Crippen LogP contribution in [0.25, 0.3) is 11.3 Å². The first kappa shape index (κ1) is 16.5. The summed E-state index contributed by atoms with van der Waals surface area (Å²) in [4.78, 5) is 17.0. The van der Waals surface area contributed by atoms with Gasteiger partial charge in [-0.15, -0.1) is 0 Å². The fraction of sp³-hybridized carbons (Fsp3) is 0.182. The van der Waals surface area contributed by atoms with Crippen molar-refractivity contribution >= 4 is 5.91 Å². The van der Waals surface area contributed by atoms with Gasteiger partial charge in [0, 0.05) is 11.8 Å². The van der Waals surface area contributed by atoms with Crippen LogP contribution in [-0.2, 0) is 6.42 Å². The predicted octanol–water partition coefficient (Wildman–Crippen LogP) is 4.70. The van der Waals surface area contributed by atoms with Crippen LogP contribution in [0, 0.1) is 5.82 Å². The second-order valence-electron chi connectivity index (χ2n) is 6.56. The predicted molar refractivity (Wildman–Crippen MR) is 99.2 cm³/mol. The van der Waals surface area contributed by atoms with E-state index in [1.54, 1.807) is 30.5 Å². The number of aryl methyl sites for hydroxylation is 1. The number of benzene rings is 2. The van der Waals surface area contributed by atoms with Gasteiger partial charge < -0.3 is 5.32 Å². The molecule has 0 saturated carbocycles. The van der Waals surface area contributed by atoms with Crippen molar-refractivity contribution in [3.8, 4) is 11.3 Å². The number of fused-ring (bicyclic) bond motifs is 1. The van der Waals surface area contributed by atoms with Gasteiger partial charge in [0.1, 0.15) is 5.82 Å². The molecule has 0 aliphatic heterocycles. The molecule has 1 heterocycles. The molecule has 0 fully saturated rings. The van der Waals surface area contributed by atoms with E-state index in [2.05, 4.69) is 22.4 Å². The fourth-order valence-electron chi connectivity index (χ4n) is 3.47. The number of carbonyl (C=O) groups is 1. The number of nitrogens with one attached hydrogen (secondary N) is 1. The number of hydrogen-bond acceptors (Lipinski definition) is 2. The summed E-state index contributed by atoms with van der Waals surface area (Å²) in [6, 6.07) is 18.0. The summed E-state index contributed by atoms with van der Waals surface area (Å²) in [5.41, 5.74) is 4.58. The molecule has 1 aromatic heterocycles. The van der Waals surface area contributed by atoms with E-state index >= 15 is 0 Å². The number of rotatable bonds is 3.